The van der Waals surface area contributed by atoms with Crippen molar-refractivity contribution in [2.24, 2.45) is 5.92 Å². The van der Waals surface area contributed by atoms with Crippen LogP contribution >= 0.6 is 0 Å². The largest absolute Gasteiger partial charge is 0.490 e. The lowest BCUT2D eigenvalue weighted by Gasteiger charge is -2.26. The van der Waals surface area contributed by atoms with E-state index in [4.69, 9.17) is 4.74 Å². The molecule has 0 amide bonds. The van der Waals surface area contributed by atoms with E-state index in [1.54, 1.807) is 0 Å². The van der Waals surface area contributed by atoms with Crippen LogP contribution in [0, 0.1) is 17.2 Å². The van der Waals surface area contributed by atoms with Crippen molar-refractivity contribution in [3.05, 3.63) is 29.8 Å². The highest BCUT2D eigenvalue weighted by Crippen LogP contribution is 2.39. The number of nitrogens with one attached hydrogen (secondary N) is 1. The Hall–Kier alpha value is -1.53. The highest BCUT2D eigenvalue weighted by molar-refractivity contribution is 5.33. The second-order valence-electron chi connectivity index (χ2n) is 4.86. The topological polar surface area (TPSA) is 45.0 Å². The first-order chi connectivity index (χ1) is 8.75. The van der Waals surface area contributed by atoms with Crippen LogP contribution in [0.3, 0.4) is 0 Å². The van der Waals surface area contributed by atoms with E-state index in [-0.39, 0.29) is 0 Å². The summed E-state index contributed by atoms with van der Waals surface area (Å²) in [5.41, 5.74) is 0.664. The first kappa shape index (κ1) is 12.9. The Balaban J connectivity index is 2.08. The molecule has 3 nitrogen and oxygen atoms in total. The highest BCUT2D eigenvalue weighted by atomic mass is 16.5. The second-order valence-corrected chi connectivity index (χ2v) is 4.86. The van der Waals surface area contributed by atoms with Gasteiger partial charge in [-0.05, 0) is 43.9 Å². The summed E-state index contributed by atoms with van der Waals surface area (Å²) in [4.78, 5) is 0. The predicted molar refractivity (Wildman–Crippen MR) is 71.4 cm³/mol. The van der Waals surface area contributed by atoms with Crippen LogP contribution in [0.1, 0.15) is 25.3 Å². The molecule has 1 aromatic rings. The summed E-state index contributed by atoms with van der Waals surface area (Å²) in [7, 11) is 1.84. The Morgan fingerprint density at radius 3 is 2.72 bits per heavy atom. The minimum absolute atomic E-state index is 0.418. The van der Waals surface area contributed by atoms with E-state index in [1.807, 2.05) is 25.2 Å². The van der Waals surface area contributed by atoms with Gasteiger partial charge in [0.2, 0.25) is 0 Å². The fourth-order valence-electron chi connectivity index (χ4n) is 2.28. The third-order valence-electron chi connectivity index (χ3n) is 3.73. The van der Waals surface area contributed by atoms with Gasteiger partial charge in [-0.3, -0.25) is 5.32 Å². The molecule has 1 N–H and O–H groups in total. The predicted octanol–water partition coefficient (Wildman–Crippen LogP) is 2.52. The number of hydrogen-bond donors (Lipinski definition) is 1. The molecule has 0 aromatic heterocycles. The lowest BCUT2D eigenvalue weighted by molar-refractivity contribution is 0.209. The second kappa shape index (κ2) is 5.41. The zero-order chi connectivity index (χ0) is 13.0. The van der Waals surface area contributed by atoms with E-state index in [0.29, 0.717) is 12.5 Å². The molecule has 1 saturated carbocycles. The molecular weight excluding hydrogens is 224 g/mol. The fourth-order valence-corrected chi connectivity index (χ4v) is 2.28. The molecular formula is C15H20N2O. The van der Waals surface area contributed by atoms with E-state index in [9.17, 15) is 5.26 Å². The van der Waals surface area contributed by atoms with Gasteiger partial charge in [-0.1, -0.05) is 25.1 Å². The molecule has 1 unspecified atom stereocenters. The summed E-state index contributed by atoms with van der Waals surface area (Å²) in [5, 5.41) is 12.5. The Labute approximate surface area is 109 Å². The monoisotopic (exact) mass is 244 g/mol. The summed E-state index contributed by atoms with van der Waals surface area (Å²) < 4.78 is 5.89. The summed E-state index contributed by atoms with van der Waals surface area (Å²) in [6.45, 7) is 2.53. The lowest BCUT2D eigenvalue weighted by atomic mass is 9.96. The van der Waals surface area contributed by atoms with Gasteiger partial charge in [-0.2, -0.15) is 5.26 Å². The number of para-hydroxylation sites is 1. The molecule has 2 rings (SSSR count). The summed E-state index contributed by atoms with van der Waals surface area (Å²) in [6, 6.07) is 10.4. The zero-order valence-electron chi connectivity index (χ0n) is 11.1. The number of likely N-dealkylation sites (N-methyl/N-ethyl adjacent to an activating group) is 1. The van der Waals surface area contributed by atoms with Gasteiger partial charge in [0.1, 0.15) is 17.9 Å². The molecule has 1 fully saturated rings. The number of nitriles is 1. The average molecular weight is 244 g/mol. The maximum atomic E-state index is 9.40. The SMILES string of the molecule is CCc1ccccc1OCC(C#N)(NC)C1CC1. The number of benzene rings is 1. The first-order valence-electron chi connectivity index (χ1n) is 6.56. The molecule has 1 atom stereocenters. The van der Waals surface area contributed by atoms with Crippen LogP contribution < -0.4 is 10.1 Å². The average Bonchev–Trinajstić information content (AvgIpc) is 3.26. The molecule has 3 heteroatoms. The maximum absolute atomic E-state index is 9.40. The van der Waals surface area contributed by atoms with Gasteiger partial charge < -0.3 is 4.74 Å². The molecule has 1 aliphatic rings. The maximum Gasteiger partial charge on any atom is 0.143 e. The number of aryl methyl sites for hydroxylation is 1. The van der Waals surface area contributed by atoms with Crippen LogP contribution in [0.25, 0.3) is 0 Å². The number of hydrogen-bond acceptors (Lipinski definition) is 3. The highest BCUT2D eigenvalue weighted by Gasteiger charge is 2.45. The summed E-state index contributed by atoms with van der Waals surface area (Å²) in [5.74, 6) is 1.33. The van der Waals surface area contributed by atoms with Gasteiger partial charge in [-0.25, -0.2) is 0 Å². The molecule has 96 valence electrons. The normalized spacial score (nSPS) is 17.8. The Morgan fingerprint density at radius 1 is 1.44 bits per heavy atom. The van der Waals surface area contributed by atoms with Crippen LogP contribution in [0.15, 0.2) is 24.3 Å². The number of ether oxygens (including phenoxy) is 1. The molecule has 1 aliphatic carbocycles. The third kappa shape index (κ3) is 2.49. The van der Waals surface area contributed by atoms with E-state index in [1.165, 1.54) is 5.56 Å². The van der Waals surface area contributed by atoms with Crippen molar-refractivity contribution >= 4 is 0 Å². The van der Waals surface area contributed by atoms with Gasteiger partial charge in [0.05, 0.1) is 6.07 Å². The minimum Gasteiger partial charge on any atom is -0.490 e. The van der Waals surface area contributed by atoms with Gasteiger partial charge in [0.15, 0.2) is 0 Å². The van der Waals surface area contributed by atoms with E-state index < -0.39 is 5.54 Å². The van der Waals surface area contributed by atoms with Crippen LogP contribution in [0.4, 0.5) is 0 Å². The van der Waals surface area contributed by atoms with Crippen LogP contribution in [-0.2, 0) is 6.42 Å². The molecule has 0 saturated heterocycles. The molecule has 18 heavy (non-hydrogen) atoms. The van der Waals surface area contributed by atoms with Gasteiger partial charge in [0.25, 0.3) is 0 Å². The standard InChI is InChI=1S/C15H20N2O/c1-3-12-6-4-5-7-14(12)18-11-15(10-16,17-2)13-8-9-13/h4-7,13,17H,3,8-9,11H2,1-2H3. The Morgan fingerprint density at radius 2 is 2.17 bits per heavy atom. The number of nitrogens with zero attached hydrogens (tertiary/aromatic N) is 1. The zero-order valence-corrected chi connectivity index (χ0v) is 11.1. The van der Waals surface area contributed by atoms with Gasteiger partial charge >= 0.3 is 0 Å². The van der Waals surface area contributed by atoms with Crippen molar-refractivity contribution < 1.29 is 4.74 Å². The fraction of sp³-hybridized carbons (Fsp3) is 0.533. The summed E-state index contributed by atoms with van der Waals surface area (Å²) >= 11 is 0. The number of rotatable bonds is 6. The summed E-state index contributed by atoms with van der Waals surface area (Å²) in [6.07, 6.45) is 3.18. The van der Waals surface area contributed by atoms with Crippen LogP contribution in [-0.4, -0.2) is 19.2 Å². The van der Waals surface area contributed by atoms with Crippen LogP contribution in [0.5, 0.6) is 5.75 Å². The molecule has 1 aromatic carbocycles. The van der Waals surface area contributed by atoms with Crippen molar-refractivity contribution in [1.29, 1.82) is 5.26 Å². The quantitative estimate of drug-likeness (QED) is 0.836. The minimum atomic E-state index is -0.527. The van der Waals surface area contributed by atoms with E-state index >= 15 is 0 Å². The lowest BCUT2D eigenvalue weighted by Crippen LogP contribution is -2.49. The van der Waals surface area contributed by atoms with Crippen molar-refractivity contribution in [3.63, 3.8) is 0 Å². The Kier molecular flexibility index (Phi) is 3.88. The van der Waals surface area contributed by atoms with Crippen molar-refractivity contribution in [2.75, 3.05) is 13.7 Å². The van der Waals surface area contributed by atoms with Crippen molar-refractivity contribution in [3.8, 4) is 11.8 Å². The molecule has 0 aliphatic heterocycles. The molecule has 0 bridgehead atoms. The third-order valence-corrected chi connectivity index (χ3v) is 3.73. The van der Waals surface area contributed by atoms with E-state index in [0.717, 1.165) is 25.0 Å². The molecule has 0 heterocycles. The van der Waals surface area contributed by atoms with Crippen LogP contribution in [0.2, 0.25) is 0 Å². The van der Waals surface area contributed by atoms with Gasteiger partial charge in [0, 0.05) is 0 Å². The van der Waals surface area contributed by atoms with Crippen molar-refractivity contribution in [1.82, 2.24) is 5.32 Å². The molecule has 0 radical (unpaired) electrons. The van der Waals surface area contributed by atoms with Crippen molar-refractivity contribution in [2.45, 2.75) is 31.7 Å². The Bertz CT molecular complexity index is 448. The first-order valence-corrected chi connectivity index (χ1v) is 6.56. The van der Waals surface area contributed by atoms with E-state index in [2.05, 4.69) is 24.4 Å². The van der Waals surface area contributed by atoms with Gasteiger partial charge in [-0.15, -0.1) is 0 Å². The smallest absolute Gasteiger partial charge is 0.143 e. The molecule has 0 spiro atoms.